The molecule has 3 nitrogen and oxygen atoms in total. The van der Waals surface area contributed by atoms with Crippen LogP contribution in [0.15, 0.2) is 16.5 Å². The third-order valence-electron chi connectivity index (χ3n) is 1.95. The third-order valence-corrected chi connectivity index (χ3v) is 1.95. The van der Waals surface area contributed by atoms with Crippen molar-refractivity contribution in [2.75, 3.05) is 13.7 Å². The summed E-state index contributed by atoms with van der Waals surface area (Å²) in [6.45, 7) is 4.33. The van der Waals surface area contributed by atoms with E-state index in [1.54, 1.807) is 0 Å². The molecule has 0 aliphatic carbocycles. The molecule has 0 saturated heterocycles. The molecule has 0 aromatic carbocycles. The van der Waals surface area contributed by atoms with Gasteiger partial charge in [-0.3, -0.25) is 0 Å². The fourth-order valence-corrected chi connectivity index (χ4v) is 1.19. The molecule has 0 amide bonds. The van der Waals surface area contributed by atoms with Gasteiger partial charge in [0.25, 0.3) is 0 Å². The smallest absolute Gasteiger partial charge is 0.129 e. The number of unbranched alkanes of at least 4 members (excludes halogenated alkanes) is 1. The Kier molecular flexibility index (Phi) is 5.33. The number of ether oxygens (including phenoxy) is 1. The minimum absolute atomic E-state index is 0.587. The lowest BCUT2D eigenvalue weighted by molar-refractivity contribution is 0.103. The van der Waals surface area contributed by atoms with Crippen LogP contribution in [0.1, 0.15) is 31.3 Å². The first-order valence-electron chi connectivity index (χ1n) is 5.16. The van der Waals surface area contributed by atoms with Crippen LogP contribution < -0.4 is 5.32 Å². The molecule has 1 aromatic heterocycles. The van der Waals surface area contributed by atoms with Crippen LogP contribution in [-0.4, -0.2) is 13.7 Å². The van der Waals surface area contributed by atoms with Crippen LogP contribution in [0, 0.1) is 0 Å². The molecule has 80 valence electrons. The summed E-state index contributed by atoms with van der Waals surface area (Å²) in [6, 6.07) is 3.95. The number of hydrogen-bond acceptors (Lipinski definition) is 3. The van der Waals surface area contributed by atoms with Gasteiger partial charge >= 0.3 is 0 Å². The van der Waals surface area contributed by atoms with Crippen molar-refractivity contribution < 1.29 is 9.15 Å². The molecule has 0 spiro atoms. The average Bonchev–Trinajstić information content (AvgIpc) is 2.61. The molecule has 0 aliphatic rings. The van der Waals surface area contributed by atoms with E-state index in [4.69, 9.17) is 9.15 Å². The fourth-order valence-electron chi connectivity index (χ4n) is 1.19. The summed E-state index contributed by atoms with van der Waals surface area (Å²) in [5.74, 6) is 1.87. The highest BCUT2D eigenvalue weighted by Gasteiger charge is 2.00. The normalized spacial score (nSPS) is 10.7. The van der Waals surface area contributed by atoms with Crippen LogP contribution in [-0.2, 0) is 17.9 Å². The summed E-state index contributed by atoms with van der Waals surface area (Å²) in [5.41, 5.74) is 0. The molecule has 3 heteroatoms. The largest absolute Gasteiger partial charge is 0.462 e. The molecule has 0 radical (unpaired) electrons. The minimum Gasteiger partial charge on any atom is -0.462 e. The number of rotatable bonds is 7. The lowest BCUT2D eigenvalue weighted by atomic mass is 10.4. The van der Waals surface area contributed by atoms with Gasteiger partial charge in [-0.2, -0.15) is 0 Å². The average molecular weight is 197 g/mol. The van der Waals surface area contributed by atoms with Crippen molar-refractivity contribution in [1.82, 2.24) is 5.32 Å². The predicted octanol–water partition coefficient (Wildman–Crippen LogP) is 2.32. The second kappa shape index (κ2) is 6.62. The molecular weight excluding hydrogens is 178 g/mol. The Hall–Kier alpha value is -0.800. The topological polar surface area (TPSA) is 34.4 Å². The van der Waals surface area contributed by atoms with Gasteiger partial charge < -0.3 is 14.5 Å². The molecule has 0 fully saturated rings. The summed E-state index contributed by atoms with van der Waals surface area (Å²) >= 11 is 0. The van der Waals surface area contributed by atoms with Gasteiger partial charge in [0.1, 0.15) is 18.1 Å². The standard InChI is InChI=1S/C11H19NO2/c1-3-4-7-13-9-11-6-5-10(14-11)8-12-2/h5-6,12H,3-4,7-9H2,1-2H3. The summed E-state index contributed by atoms with van der Waals surface area (Å²) < 4.78 is 11.0. The fraction of sp³-hybridized carbons (Fsp3) is 0.636. The van der Waals surface area contributed by atoms with Crippen LogP contribution >= 0.6 is 0 Å². The van der Waals surface area contributed by atoms with Gasteiger partial charge in [0.2, 0.25) is 0 Å². The second-order valence-electron chi connectivity index (χ2n) is 3.30. The zero-order chi connectivity index (χ0) is 10.2. The maximum atomic E-state index is 5.52. The quantitative estimate of drug-likeness (QED) is 0.681. The molecular formula is C11H19NO2. The summed E-state index contributed by atoms with van der Waals surface area (Å²) in [4.78, 5) is 0. The summed E-state index contributed by atoms with van der Waals surface area (Å²) in [6.07, 6.45) is 2.28. The minimum atomic E-state index is 0.587. The van der Waals surface area contributed by atoms with Gasteiger partial charge in [0.15, 0.2) is 0 Å². The first kappa shape index (κ1) is 11.3. The van der Waals surface area contributed by atoms with Gasteiger partial charge in [0, 0.05) is 6.61 Å². The monoisotopic (exact) mass is 197 g/mol. The molecule has 1 N–H and O–H groups in total. The van der Waals surface area contributed by atoms with E-state index in [1.807, 2.05) is 19.2 Å². The molecule has 1 heterocycles. The molecule has 1 aromatic rings. The highest BCUT2D eigenvalue weighted by Crippen LogP contribution is 2.08. The van der Waals surface area contributed by atoms with Crippen molar-refractivity contribution in [2.24, 2.45) is 0 Å². The van der Waals surface area contributed by atoms with Crippen molar-refractivity contribution >= 4 is 0 Å². The Morgan fingerprint density at radius 3 is 2.86 bits per heavy atom. The Morgan fingerprint density at radius 2 is 2.14 bits per heavy atom. The molecule has 0 aliphatic heterocycles. The lowest BCUT2D eigenvalue weighted by Crippen LogP contribution is -2.03. The summed E-state index contributed by atoms with van der Waals surface area (Å²) in [7, 11) is 1.90. The van der Waals surface area contributed by atoms with Gasteiger partial charge in [0.05, 0.1) is 6.54 Å². The van der Waals surface area contributed by atoms with Crippen LogP contribution in [0.2, 0.25) is 0 Å². The molecule has 0 bridgehead atoms. The second-order valence-corrected chi connectivity index (χ2v) is 3.30. The Balaban J connectivity index is 2.22. The first-order chi connectivity index (χ1) is 6.86. The SMILES string of the molecule is CCCCOCc1ccc(CNC)o1. The van der Waals surface area contributed by atoms with Crippen LogP contribution in [0.25, 0.3) is 0 Å². The van der Waals surface area contributed by atoms with E-state index < -0.39 is 0 Å². The highest BCUT2D eigenvalue weighted by atomic mass is 16.5. The molecule has 0 unspecified atom stereocenters. The van der Waals surface area contributed by atoms with Gasteiger partial charge in [-0.25, -0.2) is 0 Å². The zero-order valence-corrected chi connectivity index (χ0v) is 9.01. The van der Waals surface area contributed by atoms with Gasteiger partial charge in [-0.15, -0.1) is 0 Å². The zero-order valence-electron chi connectivity index (χ0n) is 9.01. The van der Waals surface area contributed by atoms with Crippen molar-refractivity contribution in [3.63, 3.8) is 0 Å². The number of hydrogen-bond donors (Lipinski definition) is 1. The maximum absolute atomic E-state index is 5.52. The highest BCUT2D eigenvalue weighted by molar-refractivity contribution is 5.06. The van der Waals surface area contributed by atoms with Crippen molar-refractivity contribution in [3.8, 4) is 0 Å². The molecule has 0 atom stereocenters. The van der Waals surface area contributed by atoms with E-state index in [9.17, 15) is 0 Å². The lowest BCUT2D eigenvalue weighted by Gasteiger charge is -2.00. The van der Waals surface area contributed by atoms with E-state index in [2.05, 4.69) is 12.2 Å². The maximum Gasteiger partial charge on any atom is 0.129 e. The van der Waals surface area contributed by atoms with E-state index >= 15 is 0 Å². The van der Waals surface area contributed by atoms with E-state index in [-0.39, 0.29) is 0 Å². The predicted molar refractivity (Wildman–Crippen MR) is 56.0 cm³/mol. The van der Waals surface area contributed by atoms with Gasteiger partial charge in [-0.1, -0.05) is 13.3 Å². The Bertz CT molecular complexity index is 245. The molecule has 1 rings (SSSR count). The van der Waals surface area contributed by atoms with E-state index in [1.165, 1.54) is 6.42 Å². The Labute approximate surface area is 85.4 Å². The van der Waals surface area contributed by atoms with E-state index in [0.717, 1.165) is 31.1 Å². The number of nitrogens with one attached hydrogen (secondary N) is 1. The third kappa shape index (κ3) is 3.94. The van der Waals surface area contributed by atoms with Crippen molar-refractivity contribution in [2.45, 2.75) is 32.9 Å². The van der Waals surface area contributed by atoms with Crippen LogP contribution in [0.5, 0.6) is 0 Å². The van der Waals surface area contributed by atoms with Crippen LogP contribution in [0.4, 0.5) is 0 Å². The van der Waals surface area contributed by atoms with Crippen molar-refractivity contribution in [3.05, 3.63) is 23.7 Å². The molecule has 14 heavy (non-hydrogen) atoms. The Morgan fingerprint density at radius 1 is 1.36 bits per heavy atom. The van der Waals surface area contributed by atoms with Crippen molar-refractivity contribution in [1.29, 1.82) is 0 Å². The first-order valence-corrected chi connectivity index (χ1v) is 5.16. The van der Waals surface area contributed by atoms with Gasteiger partial charge in [-0.05, 0) is 25.6 Å². The van der Waals surface area contributed by atoms with E-state index in [0.29, 0.717) is 6.61 Å². The number of furan rings is 1. The van der Waals surface area contributed by atoms with Crippen LogP contribution in [0.3, 0.4) is 0 Å². The molecule has 0 saturated carbocycles. The summed E-state index contributed by atoms with van der Waals surface area (Å²) in [5, 5.41) is 3.04.